The van der Waals surface area contributed by atoms with Crippen LogP contribution in [0.3, 0.4) is 0 Å². The minimum Gasteiger partial charge on any atom is -0.319 e. The van der Waals surface area contributed by atoms with E-state index in [4.69, 9.17) is 11.0 Å². The molecule has 0 saturated heterocycles. The third-order valence-electron chi connectivity index (χ3n) is 1.23. The molecule has 0 aliphatic carbocycles. The molecule has 13 heavy (non-hydrogen) atoms. The van der Waals surface area contributed by atoms with E-state index in [1.165, 1.54) is 0 Å². The van der Waals surface area contributed by atoms with Crippen LogP contribution in [-0.4, -0.2) is 32.6 Å². The third-order valence-corrected chi connectivity index (χ3v) is 1.23. The molecular formula is C5H7N7O. The zero-order valence-corrected chi connectivity index (χ0v) is 6.56. The summed E-state index contributed by atoms with van der Waals surface area (Å²) in [5.74, 6) is -0.471. The minimum absolute atomic E-state index is 0.0402. The molecule has 1 atom stereocenters. The monoisotopic (exact) mass is 181 g/mol. The Morgan fingerprint density at radius 2 is 2.62 bits per heavy atom. The Kier molecular flexibility index (Phi) is 2.88. The largest absolute Gasteiger partial charge is 0.319 e. The summed E-state index contributed by atoms with van der Waals surface area (Å²) in [5.41, 5.74) is 5.32. The Bertz CT molecular complexity index is 312. The van der Waals surface area contributed by atoms with Crippen molar-refractivity contribution in [3.63, 3.8) is 0 Å². The quantitative estimate of drug-likeness (QED) is 0.513. The summed E-state index contributed by atoms with van der Waals surface area (Å²) in [6.07, 6.45) is -0.0519. The van der Waals surface area contributed by atoms with Crippen molar-refractivity contribution in [3.8, 4) is 6.07 Å². The average molecular weight is 181 g/mol. The van der Waals surface area contributed by atoms with Crippen molar-refractivity contribution in [1.29, 1.82) is 5.26 Å². The molecule has 8 nitrogen and oxygen atoms in total. The SMILES string of the molecule is N#CCC(N)C(=O)Nc1nn[nH]n1. The fourth-order valence-corrected chi connectivity index (χ4v) is 0.609. The molecule has 0 aliphatic heterocycles. The number of aromatic amines is 1. The van der Waals surface area contributed by atoms with Crippen LogP contribution in [0.25, 0.3) is 0 Å². The lowest BCUT2D eigenvalue weighted by Gasteiger charge is -2.04. The second-order valence-electron chi connectivity index (χ2n) is 2.19. The van der Waals surface area contributed by atoms with Crippen molar-refractivity contribution in [2.75, 3.05) is 5.32 Å². The number of nitrogens with two attached hydrogens (primary N) is 1. The number of anilines is 1. The maximum atomic E-state index is 11.1. The van der Waals surface area contributed by atoms with Crippen molar-refractivity contribution in [3.05, 3.63) is 0 Å². The van der Waals surface area contributed by atoms with Gasteiger partial charge in [0.1, 0.15) is 0 Å². The average Bonchev–Trinajstić information content (AvgIpc) is 2.57. The lowest BCUT2D eigenvalue weighted by molar-refractivity contribution is -0.117. The second-order valence-corrected chi connectivity index (χ2v) is 2.19. The van der Waals surface area contributed by atoms with E-state index in [-0.39, 0.29) is 12.4 Å². The van der Waals surface area contributed by atoms with E-state index in [2.05, 4.69) is 25.9 Å². The summed E-state index contributed by atoms with van der Waals surface area (Å²) in [5, 5.41) is 22.9. The van der Waals surface area contributed by atoms with Crippen LogP contribution >= 0.6 is 0 Å². The topological polar surface area (TPSA) is 133 Å². The van der Waals surface area contributed by atoms with Gasteiger partial charge in [-0.2, -0.15) is 10.5 Å². The number of rotatable bonds is 3. The van der Waals surface area contributed by atoms with Crippen molar-refractivity contribution in [2.45, 2.75) is 12.5 Å². The number of H-pyrrole nitrogens is 1. The van der Waals surface area contributed by atoms with E-state index in [1.807, 2.05) is 0 Å². The highest BCUT2D eigenvalue weighted by molar-refractivity contribution is 5.93. The van der Waals surface area contributed by atoms with Gasteiger partial charge in [-0.15, -0.1) is 5.10 Å². The molecule has 8 heteroatoms. The number of aromatic nitrogens is 4. The van der Waals surface area contributed by atoms with E-state index in [1.54, 1.807) is 6.07 Å². The molecule has 1 aromatic rings. The lowest BCUT2D eigenvalue weighted by atomic mass is 10.2. The van der Waals surface area contributed by atoms with E-state index in [0.29, 0.717) is 0 Å². The molecule has 0 spiro atoms. The minimum atomic E-state index is -0.872. The molecular weight excluding hydrogens is 174 g/mol. The molecule has 4 N–H and O–H groups in total. The van der Waals surface area contributed by atoms with Gasteiger partial charge in [-0.3, -0.25) is 10.1 Å². The lowest BCUT2D eigenvalue weighted by Crippen LogP contribution is -2.35. The van der Waals surface area contributed by atoms with Gasteiger partial charge in [-0.1, -0.05) is 5.10 Å². The van der Waals surface area contributed by atoms with Gasteiger partial charge in [-0.05, 0) is 5.21 Å². The molecule has 0 saturated carbocycles. The summed E-state index contributed by atoms with van der Waals surface area (Å²) in [6, 6.07) is 0.906. The Hall–Kier alpha value is -2.01. The van der Waals surface area contributed by atoms with Gasteiger partial charge >= 0.3 is 0 Å². The van der Waals surface area contributed by atoms with Gasteiger partial charge in [-0.25, -0.2) is 0 Å². The van der Waals surface area contributed by atoms with Crippen LogP contribution in [0.1, 0.15) is 6.42 Å². The van der Waals surface area contributed by atoms with Gasteiger partial charge in [0.25, 0.3) is 5.95 Å². The van der Waals surface area contributed by atoms with Crippen LogP contribution in [0.4, 0.5) is 5.95 Å². The van der Waals surface area contributed by atoms with E-state index in [0.717, 1.165) is 0 Å². The molecule has 68 valence electrons. The third kappa shape index (κ3) is 2.49. The van der Waals surface area contributed by atoms with Crippen LogP contribution in [0.15, 0.2) is 0 Å². The highest BCUT2D eigenvalue weighted by atomic mass is 16.2. The van der Waals surface area contributed by atoms with Crippen LogP contribution in [0, 0.1) is 11.3 Å². The van der Waals surface area contributed by atoms with Crippen LogP contribution in [-0.2, 0) is 4.79 Å². The summed E-state index contributed by atoms with van der Waals surface area (Å²) < 4.78 is 0. The van der Waals surface area contributed by atoms with Gasteiger partial charge in [0.05, 0.1) is 18.5 Å². The molecule has 0 bridgehead atoms. The van der Waals surface area contributed by atoms with Crippen LogP contribution in [0.5, 0.6) is 0 Å². The molecule has 0 fully saturated rings. The van der Waals surface area contributed by atoms with Gasteiger partial charge in [0.2, 0.25) is 5.91 Å². The number of carbonyl (C=O) groups excluding carboxylic acids is 1. The molecule has 1 amide bonds. The molecule has 0 aromatic carbocycles. The van der Waals surface area contributed by atoms with E-state index < -0.39 is 11.9 Å². The first-order valence-corrected chi connectivity index (χ1v) is 3.41. The summed E-state index contributed by atoms with van der Waals surface area (Å²) >= 11 is 0. The molecule has 0 radical (unpaired) electrons. The van der Waals surface area contributed by atoms with Gasteiger partial charge in [0.15, 0.2) is 0 Å². The Morgan fingerprint density at radius 3 is 3.15 bits per heavy atom. The predicted molar refractivity (Wildman–Crippen MR) is 41.0 cm³/mol. The molecule has 1 rings (SSSR count). The second kappa shape index (κ2) is 4.13. The first-order chi connectivity index (χ1) is 6.24. The van der Waals surface area contributed by atoms with E-state index in [9.17, 15) is 4.79 Å². The maximum Gasteiger partial charge on any atom is 0.269 e. The number of nitrogens with zero attached hydrogens (tertiary/aromatic N) is 4. The first kappa shape index (κ1) is 9.08. The molecule has 0 aliphatic rings. The highest BCUT2D eigenvalue weighted by Gasteiger charge is 2.14. The number of nitrogens with one attached hydrogen (secondary N) is 2. The van der Waals surface area contributed by atoms with Crippen molar-refractivity contribution < 1.29 is 4.79 Å². The van der Waals surface area contributed by atoms with E-state index >= 15 is 0 Å². The zero-order chi connectivity index (χ0) is 9.68. The van der Waals surface area contributed by atoms with Crippen LogP contribution in [0.2, 0.25) is 0 Å². The number of nitriles is 1. The van der Waals surface area contributed by atoms with Crippen molar-refractivity contribution in [2.24, 2.45) is 5.73 Å². The summed E-state index contributed by atoms with van der Waals surface area (Å²) in [6.45, 7) is 0. The summed E-state index contributed by atoms with van der Waals surface area (Å²) in [4.78, 5) is 11.1. The molecule has 1 aromatic heterocycles. The van der Waals surface area contributed by atoms with Crippen molar-refractivity contribution >= 4 is 11.9 Å². The Morgan fingerprint density at radius 1 is 1.85 bits per heavy atom. The summed E-state index contributed by atoms with van der Waals surface area (Å²) in [7, 11) is 0. The number of hydrogen-bond acceptors (Lipinski definition) is 6. The fourth-order valence-electron chi connectivity index (χ4n) is 0.609. The number of amides is 1. The predicted octanol–water partition coefficient (Wildman–Crippen LogP) is -1.62. The normalized spacial score (nSPS) is 11.7. The molecule has 1 unspecified atom stereocenters. The number of hydrogen-bond donors (Lipinski definition) is 3. The molecule has 1 heterocycles. The fraction of sp³-hybridized carbons (Fsp3) is 0.400. The standard InChI is InChI=1S/C5H7N7O/c6-2-1-3(7)4(13)8-5-9-11-12-10-5/h3H,1,7H2,(H2,8,9,10,11,12,13). The van der Waals surface area contributed by atoms with Crippen LogP contribution < -0.4 is 11.1 Å². The maximum absolute atomic E-state index is 11.1. The van der Waals surface area contributed by atoms with Crippen molar-refractivity contribution in [1.82, 2.24) is 20.6 Å². The van der Waals surface area contributed by atoms with Gasteiger partial charge < -0.3 is 5.73 Å². The zero-order valence-electron chi connectivity index (χ0n) is 6.56. The number of tetrazole rings is 1. The smallest absolute Gasteiger partial charge is 0.269 e. The number of carbonyl (C=O) groups is 1. The Balaban J connectivity index is 2.47. The highest BCUT2D eigenvalue weighted by Crippen LogP contribution is 1.94. The first-order valence-electron chi connectivity index (χ1n) is 3.41. The van der Waals surface area contributed by atoms with Gasteiger partial charge in [0, 0.05) is 0 Å². The Labute approximate surface area is 73.1 Å².